The van der Waals surface area contributed by atoms with Gasteiger partial charge in [-0.25, -0.2) is 4.98 Å². The van der Waals surface area contributed by atoms with Crippen LogP contribution >= 0.6 is 0 Å². The van der Waals surface area contributed by atoms with E-state index in [1.165, 1.54) is 0 Å². The zero-order valence-corrected chi connectivity index (χ0v) is 17.8. The van der Waals surface area contributed by atoms with Gasteiger partial charge in [0, 0.05) is 38.3 Å². The van der Waals surface area contributed by atoms with Crippen LogP contribution in [0, 0.1) is 17.8 Å². The molecule has 6 rings (SSSR count). The number of hydrogen-bond donors (Lipinski definition) is 3. The lowest BCUT2D eigenvalue weighted by molar-refractivity contribution is -0.136. The Morgan fingerprint density at radius 2 is 2.00 bits per heavy atom. The number of piperazine rings is 1. The molecule has 7 heteroatoms. The zero-order valence-electron chi connectivity index (χ0n) is 17.8. The van der Waals surface area contributed by atoms with Crippen LogP contribution < -0.4 is 10.2 Å². The van der Waals surface area contributed by atoms with Gasteiger partial charge in [-0.3, -0.25) is 9.69 Å². The number of nitrogens with one attached hydrogen (secondary N) is 1. The fraction of sp³-hybridized carbons (Fsp3) is 0.739. The lowest BCUT2D eigenvalue weighted by Crippen LogP contribution is -2.61. The van der Waals surface area contributed by atoms with Crippen LogP contribution in [0.5, 0.6) is 0 Å². The fourth-order valence-electron chi connectivity index (χ4n) is 6.87. The summed E-state index contributed by atoms with van der Waals surface area (Å²) in [4.78, 5) is 22.3. The monoisotopic (exact) mass is 414 g/mol. The molecule has 3 N–H and O–H groups in total. The van der Waals surface area contributed by atoms with E-state index in [1.54, 1.807) is 6.07 Å². The van der Waals surface area contributed by atoms with Gasteiger partial charge in [0.25, 0.3) is 5.91 Å². The Morgan fingerprint density at radius 3 is 2.67 bits per heavy atom. The molecule has 1 saturated heterocycles. The summed E-state index contributed by atoms with van der Waals surface area (Å²) in [6.07, 6.45) is 4.87. The molecule has 1 aliphatic heterocycles. The molecule has 0 radical (unpaired) electrons. The molecule has 1 aromatic rings. The van der Waals surface area contributed by atoms with Crippen molar-refractivity contribution in [3.8, 4) is 0 Å². The number of nitrogens with zero attached hydrogens (tertiary/aromatic N) is 3. The highest BCUT2D eigenvalue weighted by molar-refractivity contribution is 5.93. The number of rotatable bonds is 5. The Labute approximate surface area is 178 Å². The number of hydrogen-bond acceptors (Lipinski definition) is 6. The molecule has 0 aromatic carbocycles. The number of anilines is 1. The van der Waals surface area contributed by atoms with Gasteiger partial charge in [-0.05, 0) is 68.9 Å². The van der Waals surface area contributed by atoms with E-state index in [0.717, 1.165) is 57.6 Å². The van der Waals surface area contributed by atoms with Crippen molar-refractivity contribution in [3.05, 3.63) is 23.9 Å². The van der Waals surface area contributed by atoms with E-state index in [1.807, 2.05) is 12.1 Å². The molecule has 0 spiro atoms. The summed E-state index contributed by atoms with van der Waals surface area (Å²) in [6, 6.07) is 6.15. The predicted octanol–water partition coefficient (Wildman–Crippen LogP) is 1.25. The van der Waals surface area contributed by atoms with Crippen molar-refractivity contribution in [2.75, 3.05) is 37.7 Å². The first-order chi connectivity index (χ1) is 14.4. The molecule has 4 bridgehead atoms. The highest BCUT2D eigenvalue weighted by atomic mass is 16.3. The highest BCUT2D eigenvalue weighted by Gasteiger charge is 2.55. The van der Waals surface area contributed by atoms with E-state index in [0.29, 0.717) is 30.0 Å². The lowest BCUT2D eigenvalue weighted by atomic mass is 9.52. The number of carbonyl (C=O) groups excluding carboxylic acids is 1. The first kappa shape index (κ1) is 20.2. The van der Waals surface area contributed by atoms with Crippen molar-refractivity contribution < 1.29 is 15.0 Å². The third kappa shape index (κ3) is 3.72. The van der Waals surface area contributed by atoms with Crippen LogP contribution in [0.4, 0.5) is 5.82 Å². The second kappa shape index (κ2) is 7.77. The minimum atomic E-state index is -0.482. The van der Waals surface area contributed by atoms with Crippen LogP contribution in [0.15, 0.2) is 18.2 Å². The molecule has 5 aliphatic rings. The molecule has 30 heavy (non-hydrogen) atoms. The van der Waals surface area contributed by atoms with Gasteiger partial charge in [-0.1, -0.05) is 6.07 Å². The van der Waals surface area contributed by atoms with Gasteiger partial charge in [-0.15, -0.1) is 0 Å². The maximum Gasteiger partial charge on any atom is 0.270 e. The van der Waals surface area contributed by atoms with Gasteiger partial charge in [0.2, 0.25) is 0 Å². The molecule has 1 amide bonds. The number of β-amino-alcohol motifs (C(OH)–C–C–N with tert-alkyl or cyclic N) is 1. The Balaban J connectivity index is 1.26. The molecule has 2 heterocycles. The van der Waals surface area contributed by atoms with Gasteiger partial charge in [0.15, 0.2) is 0 Å². The van der Waals surface area contributed by atoms with Crippen LogP contribution in [0.1, 0.15) is 49.5 Å². The number of pyridine rings is 1. The fourth-order valence-corrected chi connectivity index (χ4v) is 6.87. The van der Waals surface area contributed by atoms with E-state index in [4.69, 9.17) is 4.98 Å². The zero-order chi connectivity index (χ0) is 20.9. The van der Waals surface area contributed by atoms with E-state index < -0.39 is 5.60 Å². The molecule has 4 saturated carbocycles. The third-order valence-electron chi connectivity index (χ3n) is 7.93. The number of aliphatic hydroxyl groups excluding tert-OH is 1. The molecule has 5 fully saturated rings. The minimum absolute atomic E-state index is 0.0899. The standard InChI is InChI=1S/C23H34N4O3/c1-15-14-26(7-8-28)5-6-27(15)20-4-2-3-19(24-20)22(29)25-21-17-9-16-10-18(21)13-23(30,11-16)12-17/h2-4,15-18,21,28,30H,5-14H2,1H3,(H,25,29)/t15-,16?,17?,18?,21?,23?/m1/s1. The summed E-state index contributed by atoms with van der Waals surface area (Å²) in [5.74, 6) is 2.18. The Bertz CT molecular complexity index is 786. The van der Waals surface area contributed by atoms with E-state index in [2.05, 4.69) is 22.0 Å². The van der Waals surface area contributed by atoms with Crippen molar-refractivity contribution in [2.45, 2.75) is 56.7 Å². The molecular formula is C23H34N4O3. The summed E-state index contributed by atoms with van der Waals surface area (Å²) in [7, 11) is 0. The summed E-state index contributed by atoms with van der Waals surface area (Å²) >= 11 is 0. The molecule has 2 unspecified atom stereocenters. The highest BCUT2D eigenvalue weighted by Crippen LogP contribution is 2.55. The van der Waals surface area contributed by atoms with Gasteiger partial charge in [0.05, 0.1) is 12.2 Å². The van der Waals surface area contributed by atoms with Crippen LogP contribution in [0.3, 0.4) is 0 Å². The summed E-state index contributed by atoms with van der Waals surface area (Å²) in [5.41, 5.74) is -0.00508. The topological polar surface area (TPSA) is 88.9 Å². The van der Waals surface area contributed by atoms with Crippen molar-refractivity contribution >= 4 is 11.7 Å². The van der Waals surface area contributed by atoms with Gasteiger partial charge in [-0.2, -0.15) is 0 Å². The molecule has 1 aromatic heterocycles. The number of carbonyl (C=O) groups is 1. The largest absolute Gasteiger partial charge is 0.395 e. The average molecular weight is 415 g/mol. The predicted molar refractivity (Wildman–Crippen MR) is 114 cm³/mol. The Morgan fingerprint density at radius 1 is 1.23 bits per heavy atom. The van der Waals surface area contributed by atoms with Gasteiger partial charge in [0.1, 0.15) is 11.5 Å². The van der Waals surface area contributed by atoms with E-state index >= 15 is 0 Å². The first-order valence-electron chi connectivity index (χ1n) is 11.5. The van der Waals surface area contributed by atoms with Crippen molar-refractivity contribution in [1.82, 2.24) is 15.2 Å². The SMILES string of the molecule is C[C@@H]1CN(CCO)CCN1c1cccc(C(=O)NC2C3CC4CC2CC(O)(C4)C3)n1. The molecular weight excluding hydrogens is 380 g/mol. The number of aliphatic hydroxyl groups is 2. The van der Waals surface area contributed by atoms with Crippen LogP contribution in [0.2, 0.25) is 0 Å². The lowest BCUT2D eigenvalue weighted by Gasteiger charge is -2.58. The average Bonchev–Trinajstić information content (AvgIpc) is 2.70. The second-order valence-electron chi connectivity index (χ2n) is 10.1. The second-order valence-corrected chi connectivity index (χ2v) is 10.1. The van der Waals surface area contributed by atoms with Gasteiger partial charge >= 0.3 is 0 Å². The Kier molecular flexibility index (Phi) is 5.24. The van der Waals surface area contributed by atoms with Crippen molar-refractivity contribution in [1.29, 1.82) is 0 Å². The van der Waals surface area contributed by atoms with E-state index in [9.17, 15) is 15.0 Å². The summed E-state index contributed by atoms with van der Waals surface area (Å²) in [6.45, 7) is 5.66. The first-order valence-corrected chi connectivity index (χ1v) is 11.5. The quantitative estimate of drug-likeness (QED) is 0.672. The van der Waals surface area contributed by atoms with Gasteiger partial charge < -0.3 is 20.4 Å². The van der Waals surface area contributed by atoms with Crippen molar-refractivity contribution in [2.24, 2.45) is 17.8 Å². The van der Waals surface area contributed by atoms with E-state index in [-0.39, 0.29) is 24.6 Å². The minimum Gasteiger partial charge on any atom is -0.395 e. The molecule has 3 atom stereocenters. The summed E-state index contributed by atoms with van der Waals surface area (Å²) in [5, 5.41) is 23.3. The maximum atomic E-state index is 13.1. The van der Waals surface area contributed by atoms with Crippen LogP contribution in [-0.2, 0) is 0 Å². The maximum absolute atomic E-state index is 13.1. The Hall–Kier alpha value is -1.70. The molecule has 164 valence electrons. The number of aromatic nitrogens is 1. The third-order valence-corrected chi connectivity index (χ3v) is 7.93. The molecule has 4 aliphatic carbocycles. The normalized spacial score (nSPS) is 38.1. The smallest absolute Gasteiger partial charge is 0.270 e. The summed E-state index contributed by atoms with van der Waals surface area (Å²) < 4.78 is 0. The molecule has 7 nitrogen and oxygen atoms in total. The van der Waals surface area contributed by atoms with Crippen LogP contribution in [-0.4, -0.2) is 76.5 Å². The van der Waals surface area contributed by atoms with Crippen LogP contribution in [0.25, 0.3) is 0 Å². The number of amides is 1. The van der Waals surface area contributed by atoms with Crippen molar-refractivity contribution in [3.63, 3.8) is 0 Å².